The van der Waals surface area contributed by atoms with Crippen molar-refractivity contribution in [1.82, 2.24) is 19.9 Å². The second kappa shape index (κ2) is 10.4. The molecule has 0 unspecified atom stereocenters. The van der Waals surface area contributed by atoms with Crippen molar-refractivity contribution in [1.29, 1.82) is 0 Å². The monoisotopic (exact) mass is 490 g/mol. The molecule has 0 aliphatic carbocycles. The van der Waals surface area contributed by atoms with Gasteiger partial charge in [-0.15, -0.1) is 0 Å². The maximum atomic E-state index is 11.9. The molecule has 0 aliphatic heterocycles. The maximum Gasteiger partial charge on any atom is 0.407 e. The minimum Gasteiger partial charge on any atom is -0.492 e. The zero-order valence-corrected chi connectivity index (χ0v) is 20.8. The van der Waals surface area contributed by atoms with Crippen LogP contribution in [-0.4, -0.2) is 54.2 Å². The Labute approximate surface area is 199 Å². The van der Waals surface area contributed by atoms with Crippen molar-refractivity contribution in [3.63, 3.8) is 0 Å². The molecule has 0 saturated carbocycles. The lowest BCUT2D eigenvalue weighted by atomic mass is 10.0. The lowest BCUT2D eigenvalue weighted by molar-refractivity contribution is 0.0523. The smallest absolute Gasteiger partial charge is 0.407 e. The molecule has 0 fully saturated rings. The Balaban J connectivity index is 1.68. The highest BCUT2D eigenvalue weighted by Gasteiger charge is 2.16. The van der Waals surface area contributed by atoms with E-state index in [0.29, 0.717) is 25.3 Å². The topological polar surface area (TPSA) is 121 Å². The van der Waals surface area contributed by atoms with Crippen molar-refractivity contribution >= 4 is 21.7 Å². The molecule has 2 heterocycles. The second-order valence-corrected chi connectivity index (χ2v) is 10.5. The number of carbonyl (C=O) groups excluding carboxylic acids is 1. The van der Waals surface area contributed by atoms with Crippen LogP contribution in [0, 0.1) is 6.92 Å². The molecule has 3 aromatic rings. The molecule has 1 amide bonds. The summed E-state index contributed by atoms with van der Waals surface area (Å²) < 4.78 is 39.4. The van der Waals surface area contributed by atoms with Crippen LogP contribution in [0.5, 0.6) is 5.75 Å². The van der Waals surface area contributed by atoms with Gasteiger partial charge in [-0.2, -0.15) is 13.5 Å². The number of benzene rings is 1. The minimum atomic E-state index is -3.45. The average Bonchev–Trinajstić information content (AvgIpc) is 3.13. The molecule has 2 aromatic heterocycles. The van der Waals surface area contributed by atoms with Crippen LogP contribution in [0.2, 0.25) is 0 Å². The van der Waals surface area contributed by atoms with Crippen LogP contribution in [-0.2, 0) is 25.6 Å². The standard InChI is InChI=1S/C23H30N4O6S/c1-16-11-17(7-8-18(16)13-24-22(28)33-23(2,3)4)21-20-12-19(14-27(20)26-15-25-21)31-9-6-10-32-34(5,29)30/h7-8,11-12,14-15H,6,9-10,13H2,1-5H3,(H,24,28). The Morgan fingerprint density at radius 2 is 1.94 bits per heavy atom. The highest BCUT2D eigenvalue weighted by atomic mass is 32.2. The first kappa shape index (κ1) is 25.4. The van der Waals surface area contributed by atoms with E-state index in [2.05, 4.69) is 15.4 Å². The van der Waals surface area contributed by atoms with E-state index in [9.17, 15) is 13.2 Å². The average molecular weight is 491 g/mol. The fourth-order valence-electron chi connectivity index (χ4n) is 3.19. The number of ether oxygens (including phenoxy) is 2. The number of aromatic nitrogens is 3. The summed E-state index contributed by atoms with van der Waals surface area (Å²) in [5.41, 5.74) is 3.82. The predicted molar refractivity (Wildman–Crippen MR) is 127 cm³/mol. The van der Waals surface area contributed by atoms with E-state index in [4.69, 9.17) is 13.7 Å². The first-order valence-electron chi connectivity index (χ1n) is 10.8. The molecule has 3 rings (SSSR count). The lowest BCUT2D eigenvalue weighted by Gasteiger charge is -2.20. The van der Waals surface area contributed by atoms with Crippen molar-refractivity contribution in [3.05, 3.63) is 47.9 Å². The van der Waals surface area contributed by atoms with Crippen molar-refractivity contribution in [3.8, 4) is 17.0 Å². The maximum absolute atomic E-state index is 11.9. The molecule has 0 aliphatic rings. The zero-order valence-electron chi connectivity index (χ0n) is 20.0. The van der Waals surface area contributed by atoms with Gasteiger partial charge in [0.2, 0.25) is 0 Å². The molecule has 0 bridgehead atoms. The van der Waals surface area contributed by atoms with Gasteiger partial charge in [0.05, 0.1) is 36.9 Å². The molecule has 10 nitrogen and oxygen atoms in total. The largest absolute Gasteiger partial charge is 0.492 e. The number of aryl methyl sites for hydroxylation is 1. The summed E-state index contributed by atoms with van der Waals surface area (Å²) >= 11 is 0. The number of nitrogens with zero attached hydrogens (tertiary/aromatic N) is 3. The predicted octanol–water partition coefficient (Wildman–Crippen LogP) is 3.47. The van der Waals surface area contributed by atoms with E-state index in [-0.39, 0.29) is 6.61 Å². The summed E-state index contributed by atoms with van der Waals surface area (Å²) in [6.45, 7) is 8.15. The molecule has 0 saturated heterocycles. The van der Waals surface area contributed by atoms with Crippen molar-refractivity contribution in [2.75, 3.05) is 19.5 Å². The van der Waals surface area contributed by atoms with Gasteiger partial charge in [0.1, 0.15) is 17.7 Å². The molecule has 1 N–H and O–H groups in total. The van der Waals surface area contributed by atoms with Gasteiger partial charge >= 0.3 is 6.09 Å². The fourth-order valence-corrected chi connectivity index (χ4v) is 3.61. The minimum absolute atomic E-state index is 0.0612. The van der Waals surface area contributed by atoms with E-state index in [1.165, 1.54) is 6.33 Å². The van der Waals surface area contributed by atoms with Crippen LogP contribution in [0.1, 0.15) is 38.3 Å². The Hall–Kier alpha value is -3.18. The number of rotatable bonds is 9. The third kappa shape index (κ3) is 7.42. The first-order valence-corrected chi connectivity index (χ1v) is 12.6. The number of carbonyl (C=O) groups is 1. The quantitative estimate of drug-likeness (QED) is 0.357. The third-order valence-corrected chi connectivity index (χ3v) is 5.27. The molecule has 184 valence electrons. The summed E-state index contributed by atoms with van der Waals surface area (Å²) in [6, 6.07) is 7.73. The van der Waals surface area contributed by atoms with Crippen molar-refractivity contribution in [2.24, 2.45) is 0 Å². The van der Waals surface area contributed by atoms with Crippen LogP contribution in [0.3, 0.4) is 0 Å². The van der Waals surface area contributed by atoms with Crippen LogP contribution in [0.4, 0.5) is 4.79 Å². The number of alkyl carbamates (subject to hydrolysis) is 1. The lowest BCUT2D eigenvalue weighted by Crippen LogP contribution is -2.32. The number of hydrogen-bond donors (Lipinski definition) is 1. The van der Waals surface area contributed by atoms with Crippen LogP contribution < -0.4 is 10.1 Å². The van der Waals surface area contributed by atoms with E-state index in [0.717, 1.165) is 34.2 Å². The summed E-state index contributed by atoms with van der Waals surface area (Å²) in [7, 11) is -3.45. The van der Waals surface area contributed by atoms with E-state index < -0.39 is 21.8 Å². The number of fused-ring (bicyclic) bond motifs is 1. The molecule has 34 heavy (non-hydrogen) atoms. The summed E-state index contributed by atoms with van der Waals surface area (Å²) in [6.07, 6.45) is 4.19. The van der Waals surface area contributed by atoms with Crippen LogP contribution >= 0.6 is 0 Å². The normalized spacial score (nSPS) is 12.0. The number of nitrogens with one attached hydrogen (secondary N) is 1. The zero-order chi connectivity index (χ0) is 24.9. The molecule has 0 radical (unpaired) electrons. The Bertz CT molecular complexity index is 1260. The summed E-state index contributed by atoms with van der Waals surface area (Å²) in [4.78, 5) is 16.4. The van der Waals surface area contributed by atoms with E-state index in [1.807, 2.05) is 52.0 Å². The van der Waals surface area contributed by atoms with Gasteiger partial charge in [0.15, 0.2) is 0 Å². The van der Waals surface area contributed by atoms with Gasteiger partial charge in [-0.3, -0.25) is 4.18 Å². The third-order valence-electron chi connectivity index (χ3n) is 4.67. The van der Waals surface area contributed by atoms with E-state index >= 15 is 0 Å². The van der Waals surface area contributed by atoms with Crippen molar-refractivity contribution < 1.29 is 26.9 Å². The Morgan fingerprint density at radius 3 is 2.62 bits per heavy atom. The van der Waals surface area contributed by atoms with Crippen molar-refractivity contribution in [2.45, 2.75) is 46.3 Å². The summed E-state index contributed by atoms with van der Waals surface area (Å²) in [5, 5.41) is 7.02. The molecule has 11 heteroatoms. The first-order chi connectivity index (χ1) is 15.9. The number of hydrogen-bond acceptors (Lipinski definition) is 8. The highest BCUT2D eigenvalue weighted by molar-refractivity contribution is 7.85. The summed E-state index contributed by atoms with van der Waals surface area (Å²) in [5.74, 6) is 0.594. The molecular formula is C23H30N4O6S. The molecule has 0 spiro atoms. The van der Waals surface area contributed by atoms with E-state index in [1.54, 1.807) is 10.7 Å². The van der Waals surface area contributed by atoms with Crippen LogP contribution in [0.15, 0.2) is 36.8 Å². The van der Waals surface area contributed by atoms with Gasteiger partial charge < -0.3 is 14.8 Å². The molecule has 1 aromatic carbocycles. The fraction of sp³-hybridized carbons (Fsp3) is 0.435. The Kier molecular flexibility index (Phi) is 7.78. The van der Waals surface area contributed by atoms with Gasteiger partial charge in [0, 0.05) is 24.6 Å². The molecule has 0 atom stereocenters. The van der Waals surface area contributed by atoms with Gasteiger partial charge in [-0.25, -0.2) is 14.3 Å². The van der Waals surface area contributed by atoms with Crippen LogP contribution in [0.25, 0.3) is 16.8 Å². The molecular weight excluding hydrogens is 460 g/mol. The number of amides is 1. The highest BCUT2D eigenvalue weighted by Crippen LogP contribution is 2.27. The SMILES string of the molecule is Cc1cc(-c2ncnn3cc(OCCCOS(C)(=O)=O)cc23)ccc1CNC(=O)OC(C)(C)C. The Morgan fingerprint density at radius 1 is 1.18 bits per heavy atom. The van der Waals surface area contributed by atoms with Gasteiger partial charge in [0.25, 0.3) is 10.1 Å². The van der Waals surface area contributed by atoms with Gasteiger partial charge in [-0.05, 0) is 44.9 Å². The van der Waals surface area contributed by atoms with Gasteiger partial charge in [-0.1, -0.05) is 12.1 Å². The second-order valence-electron chi connectivity index (χ2n) is 8.84.